The maximum atomic E-state index is 13.3. The number of ether oxygens (including phenoxy) is 3. The number of ketones is 1. The molecule has 0 bridgehead atoms. The van der Waals surface area contributed by atoms with Gasteiger partial charge in [-0.1, -0.05) is 18.2 Å². The third kappa shape index (κ3) is 4.12. The van der Waals surface area contributed by atoms with E-state index in [1.165, 1.54) is 0 Å². The topological polar surface area (TPSA) is 44.8 Å². The van der Waals surface area contributed by atoms with Gasteiger partial charge in [0, 0.05) is 5.57 Å². The monoisotopic (exact) mass is 400 g/mol. The predicted molar refractivity (Wildman–Crippen MR) is 112 cm³/mol. The van der Waals surface area contributed by atoms with Crippen LogP contribution >= 0.6 is 23.5 Å². The Morgan fingerprint density at radius 3 is 2.56 bits per heavy atom. The highest BCUT2D eigenvalue weighted by molar-refractivity contribution is 8.18. The van der Waals surface area contributed by atoms with Gasteiger partial charge in [-0.15, -0.1) is 23.5 Å². The molecule has 1 fully saturated rings. The first kappa shape index (κ1) is 18.3. The van der Waals surface area contributed by atoms with Crippen LogP contribution in [0.4, 0.5) is 0 Å². The van der Waals surface area contributed by atoms with Crippen molar-refractivity contribution in [1.29, 1.82) is 0 Å². The molecule has 2 aliphatic rings. The molecule has 2 aliphatic heterocycles. The van der Waals surface area contributed by atoms with E-state index in [-0.39, 0.29) is 17.2 Å². The molecule has 4 rings (SSSR count). The number of thioether (sulfide) groups is 2. The molecule has 6 heteroatoms. The fourth-order valence-electron chi connectivity index (χ4n) is 2.99. The van der Waals surface area contributed by atoms with Crippen molar-refractivity contribution in [3.05, 3.63) is 53.6 Å². The second kappa shape index (κ2) is 8.31. The van der Waals surface area contributed by atoms with Crippen LogP contribution in [-0.4, -0.2) is 35.8 Å². The van der Waals surface area contributed by atoms with Crippen LogP contribution in [0.25, 0.3) is 11.6 Å². The fourth-order valence-corrected chi connectivity index (χ4v) is 5.75. The summed E-state index contributed by atoms with van der Waals surface area (Å²) >= 11 is 3.47. The highest BCUT2D eigenvalue weighted by Gasteiger charge is 2.27. The third-order valence-corrected chi connectivity index (χ3v) is 7.32. The molecule has 0 unspecified atom stereocenters. The van der Waals surface area contributed by atoms with E-state index in [4.69, 9.17) is 14.2 Å². The summed E-state index contributed by atoms with van der Waals surface area (Å²) in [5.74, 6) is 4.41. The molecule has 0 N–H and O–H groups in total. The minimum Gasteiger partial charge on any atom is -0.497 e. The summed E-state index contributed by atoms with van der Waals surface area (Å²) in [5, 5.41) is 0. The second-order valence-corrected chi connectivity index (χ2v) is 8.91. The van der Waals surface area contributed by atoms with E-state index in [9.17, 15) is 4.79 Å². The highest BCUT2D eigenvalue weighted by atomic mass is 32.2. The molecule has 0 atom stereocenters. The number of rotatable bonds is 5. The predicted octanol–water partition coefficient (Wildman–Crippen LogP) is 4.73. The standard InChI is InChI=1S/C21H20O4S2/c1-23-16-6-3-14(4-7-16)11-17(20(22)21-26-9-2-10-27-21)15-5-8-18-19(12-15)25-13-24-18/h3-8,11-12,21H,2,9-10,13H2,1H3/b17-11+. The molecular weight excluding hydrogens is 380 g/mol. The van der Waals surface area contributed by atoms with E-state index in [2.05, 4.69) is 0 Å². The minimum atomic E-state index is -0.0614. The van der Waals surface area contributed by atoms with Crippen LogP contribution in [-0.2, 0) is 4.79 Å². The average molecular weight is 401 g/mol. The van der Waals surface area contributed by atoms with Crippen LogP contribution in [0.1, 0.15) is 17.5 Å². The van der Waals surface area contributed by atoms with Crippen molar-refractivity contribution in [3.8, 4) is 17.2 Å². The summed E-state index contributed by atoms with van der Waals surface area (Å²) in [6.45, 7) is 0.221. The Labute approximate surface area is 167 Å². The van der Waals surface area contributed by atoms with E-state index in [1.54, 1.807) is 30.6 Å². The van der Waals surface area contributed by atoms with Crippen molar-refractivity contribution < 1.29 is 19.0 Å². The van der Waals surface area contributed by atoms with Crippen molar-refractivity contribution in [2.45, 2.75) is 11.0 Å². The lowest BCUT2D eigenvalue weighted by molar-refractivity contribution is -0.112. The lowest BCUT2D eigenvalue weighted by Crippen LogP contribution is -2.19. The van der Waals surface area contributed by atoms with Crippen LogP contribution in [0.2, 0.25) is 0 Å². The maximum absolute atomic E-state index is 13.3. The zero-order chi connectivity index (χ0) is 18.6. The van der Waals surface area contributed by atoms with Crippen molar-refractivity contribution in [1.82, 2.24) is 0 Å². The summed E-state index contributed by atoms with van der Waals surface area (Å²) in [4.78, 5) is 13.3. The molecule has 2 aromatic rings. The number of benzene rings is 2. The molecule has 0 radical (unpaired) electrons. The van der Waals surface area contributed by atoms with Gasteiger partial charge in [0.05, 0.1) is 7.11 Å². The normalized spacial score (nSPS) is 17.0. The number of fused-ring (bicyclic) bond motifs is 1. The van der Waals surface area contributed by atoms with Gasteiger partial charge in [-0.25, -0.2) is 0 Å². The van der Waals surface area contributed by atoms with Crippen LogP contribution in [0.5, 0.6) is 17.2 Å². The Morgan fingerprint density at radius 1 is 1.07 bits per heavy atom. The Morgan fingerprint density at radius 2 is 1.81 bits per heavy atom. The molecule has 0 amide bonds. The highest BCUT2D eigenvalue weighted by Crippen LogP contribution is 2.39. The molecule has 27 heavy (non-hydrogen) atoms. The van der Waals surface area contributed by atoms with E-state index < -0.39 is 0 Å². The molecule has 2 heterocycles. The SMILES string of the molecule is COc1ccc(/C=C(/C(=O)C2SCCCS2)c2ccc3c(c2)OCO3)cc1. The zero-order valence-corrected chi connectivity index (χ0v) is 16.6. The van der Waals surface area contributed by atoms with Gasteiger partial charge in [0.2, 0.25) is 6.79 Å². The quantitative estimate of drug-likeness (QED) is 0.534. The first-order valence-corrected chi connectivity index (χ1v) is 10.9. The number of carbonyl (C=O) groups excluding carboxylic acids is 1. The third-order valence-electron chi connectivity index (χ3n) is 4.42. The van der Waals surface area contributed by atoms with E-state index in [1.807, 2.05) is 48.5 Å². The van der Waals surface area contributed by atoms with Crippen molar-refractivity contribution in [3.63, 3.8) is 0 Å². The minimum absolute atomic E-state index is 0.0614. The molecule has 0 aliphatic carbocycles. The molecule has 1 saturated heterocycles. The van der Waals surface area contributed by atoms with Crippen molar-refractivity contribution in [2.75, 3.05) is 25.4 Å². The summed E-state index contributed by atoms with van der Waals surface area (Å²) in [7, 11) is 1.64. The zero-order valence-electron chi connectivity index (χ0n) is 15.0. The van der Waals surface area contributed by atoms with E-state index in [0.29, 0.717) is 11.3 Å². The van der Waals surface area contributed by atoms with Crippen molar-refractivity contribution >= 4 is 41.0 Å². The Hall–Kier alpha value is -2.05. The summed E-state index contributed by atoms with van der Waals surface area (Å²) in [5.41, 5.74) is 2.51. The van der Waals surface area contributed by atoms with E-state index in [0.717, 1.165) is 40.6 Å². The van der Waals surface area contributed by atoms with Gasteiger partial charge in [0.25, 0.3) is 0 Å². The van der Waals surface area contributed by atoms with Gasteiger partial charge in [-0.3, -0.25) is 4.79 Å². The van der Waals surface area contributed by atoms with Gasteiger partial charge < -0.3 is 14.2 Å². The van der Waals surface area contributed by atoms with Crippen LogP contribution < -0.4 is 14.2 Å². The Kier molecular flexibility index (Phi) is 5.64. The van der Waals surface area contributed by atoms with Gasteiger partial charge >= 0.3 is 0 Å². The molecular formula is C21H20O4S2. The number of allylic oxidation sites excluding steroid dienone is 1. The second-order valence-electron chi connectivity index (χ2n) is 6.19. The number of hydrogen-bond donors (Lipinski definition) is 0. The molecule has 0 saturated carbocycles. The van der Waals surface area contributed by atoms with Crippen LogP contribution in [0.3, 0.4) is 0 Å². The van der Waals surface area contributed by atoms with Gasteiger partial charge in [0.1, 0.15) is 10.3 Å². The Balaban J connectivity index is 1.71. The lowest BCUT2D eigenvalue weighted by atomic mass is 9.99. The average Bonchev–Trinajstić information content (AvgIpc) is 3.20. The summed E-state index contributed by atoms with van der Waals surface area (Å²) in [6, 6.07) is 13.4. The molecule has 2 aromatic carbocycles. The number of methoxy groups -OCH3 is 1. The van der Waals surface area contributed by atoms with Crippen molar-refractivity contribution in [2.24, 2.45) is 0 Å². The van der Waals surface area contributed by atoms with Crippen LogP contribution in [0, 0.1) is 0 Å². The van der Waals surface area contributed by atoms with Gasteiger partial charge in [-0.05, 0) is 59.4 Å². The molecule has 0 aromatic heterocycles. The first-order valence-electron chi connectivity index (χ1n) is 8.78. The lowest BCUT2D eigenvalue weighted by Gasteiger charge is -2.21. The Bertz CT molecular complexity index is 855. The summed E-state index contributed by atoms with van der Waals surface area (Å²) in [6.07, 6.45) is 3.11. The van der Waals surface area contributed by atoms with Gasteiger partial charge in [0.15, 0.2) is 17.3 Å². The maximum Gasteiger partial charge on any atom is 0.231 e. The van der Waals surface area contributed by atoms with Crippen LogP contribution in [0.15, 0.2) is 42.5 Å². The van der Waals surface area contributed by atoms with E-state index >= 15 is 0 Å². The number of Topliss-reactive ketones (excluding diaryl/α,β-unsaturated/α-hetero) is 1. The van der Waals surface area contributed by atoms with Gasteiger partial charge in [-0.2, -0.15) is 0 Å². The molecule has 0 spiro atoms. The number of carbonyl (C=O) groups is 1. The first-order chi connectivity index (χ1) is 13.2. The fraction of sp³-hybridized carbons (Fsp3) is 0.286. The molecule has 140 valence electrons. The largest absolute Gasteiger partial charge is 0.497 e. The summed E-state index contributed by atoms with van der Waals surface area (Å²) < 4.78 is 16.1. The smallest absolute Gasteiger partial charge is 0.231 e. The molecule has 4 nitrogen and oxygen atoms in total. The number of hydrogen-bond acceptors (Lipinski definition) is 6.